The van der Waals surface area contributed by atoms with Crippen LogP contribution in [0, 0.1) is 0 Å². The van der Waals surface area contributed by atoms with Crippen LogP contribution in [0.15, 0.2) is 24.3 Å². The predicted molar refractivity (Wildman–Crippen MR) is 76.7 cm³/mol. The van der Waals surface area contributed by atoms with Gasteiger partial charge < -0.3 is 15.1 Å². The molecular weight excluding hydrogens is 254 g/mol. The van der Waals surface area contributed by atoms with Crippen LogP contribution < -0.4 is 10.2 Å². The lowest BCUT2D eigenvalue weighted by atomic mass is 9.95. The first-order valence-corrected chi connectivity index (χ1v) is 7.01. The molecule has 5 nitrogen and oxygen atoms in total. The number of nitrogens with zero attached hydrogens (tertiary/aromatic N) is 2. The molecule has 5 heteroatoms. The molecule has 0 radical (unpaired) electrons. The van der Waals surface area contributed by atoms with Crippen LogP contribution in [0.5, 0.6) is 0 Å². The number of hydrogen-bond acceptors (Lipinski definition) is 3. The minimum absolute atomic E-state index is 0.00879. The van der Waals surface area contributed by atoms with Gasteiger partial charge in [0.1, 0.15) is 6.54 Å². The van der Waals surface area contributed by atoms with E-state index in [0.717, 1.165) is 25.2 Å². The van der Waals surface area contributed by atoms with Crippen LogP contribution in [0.25, 0.3) is 0 Å². The fraction of sp³-hybridized carbons (Fsp3) is 0.467. The lowest BCUT2D eigenvalue weighted by molar-refractivity contribution is -0.136. The van der Waals surface area contributed by atoms with Gasteiger partial charge in [-0.05, 0) is 30.5 Å². The van der Waals surface area contributed by atoms with Crippen molar-refractivity contribution in [3.8, 4) is 0 Å². The molecule has 1 atom stereocenters. The molecule has 106 valence electrons. The van der Waals surface area contributed by atoms with Gasteiger partial charge in [-0.1, -0.05) is 18.2 Å². The van der Waals surface area contributed by atoms with Gasteiger partial charge in [0, 0.05) is 19.3 Å². The minimum atomic E-state index is -0.0102. The van der Waals surface area contributed by atoms with E-state index in [4.69, 9.17) is 0 Å². The molecule has 0 aliphatic carbocycles. The third-order valence-corrected chi connectivity index (χ3v) is 4.12. The highest BCUT2D eigenvalue weighted by atomic mass is 16.2. The summed E-state index contributed by atoms with van der Waals surface area (Å²) in [6.45, 7) is 2.25. The summed E-state index contributed by atoms with van der Waals surface area (Å²) in [7, 11) is 1.67. The van der Waals surface area contributed by atoms with E-state index in [-0.39, 0.29) is 24.9 Å². The lowest BCUT2D eigenvalue weighted by Gasteiger charge is -2.33. The fourth-order valence-corrected chi connectivity index (χ4v) is 2.94. The molecule has 0 saturated carbocycles. The zero-order chi connectivity index (χ0) is 14.1. The van der Waals surface area contributed by atoms with Gasteiger partial charge in [0.2, 0.25) is 11.8 Å². The Bertz CT molecular complexity index is 538. The second-order valence-electron chi connectivity index (χ2n) is 5.48. The van der Waals surface area contributed by atoms with Gasteiger partial charge in [-0.15, -0.1) is 0 Å². The van der Waals surface area contributed by atoms with E-state index in [1.54, 1.807) is 11.9 Å². The van der Waals surface area contributed by atoms with Gasteiger partial charge in [-0.25, -0.2) is 0 Å². The molecule has 1 aromatic carbocycles. The second-order valence-corrected chi connectivity index (χ2v) is 5.48. The Morgan fingerprint density at radius 2 is 1.95 bits per heavy atom. The standard InChI is InChI=1S/C15H19N3O2/c1-17-9-15(20)18(10-14(17)19)13-5-3-2-4-12(13)11-6-7-16-8-11/h2-5,11,16H,6-10H2,1H3. The SMILES string of the molecule is CN1CC(=O)N(c2ccccc2C2CCNC2)CC1=O. The highest BCUT2D eigenvalue weighted by molar-refractivity contribution is 6.04. The number of anilines is 1. The summed E-state index contributed by atoms with van der Waals surface area (Å²) in [5.41, 5.74) is 2.07. The number of nitrogens with one attached hydrogen (secondary N) is 1. The van der Waals surface area contributed by atoms with Crippen LogP contribution in [-0.4, -0.2) is 49.9 Å². The Hall–Kier alpha value is -1.88. The summed E-state index contributed by atoms with van der Waals surface area (Å²) in [6.07, 6.45) is 1.08. The number of hydrogen-bond donors (Lipinski definition) is 1. The molecule has 2 aliphatic heterocycles. The number of rotatable bonds is 2. The molecular formula is C15H19N3O2. The molecule has 0 bridgehead atoms. The maximum Gasteiger partial charge on any atom is 0.247 e. The maximum absolute atomic E-state index is 12.2. The van der Waals surface area contributed by atoms with Crippen LogP contribution in [0.3, 0.4) is 0 Å². The van der Waals surface area contributed by atoms with Crippen molar-refractivity contribution in [1.29, 1.82) is 0 Å². The van der Waals surface area contributed by atoms with Gasteiger partial charge >= 0.3 is 0 Å². The third-order valence-electron chi connectivity index (χ3n) is 4.12. The summed E-state index contributed by atoms with van der Waals surface area (Å²) in [6, 6.07) is 7.95. The molecule has 2 heterocycles. The molecule has 2 saturated heterocycles. The van der Waals surface area contributed by atoms with Crippen molar-refractivity contribution in [2.75, 3.05) is 38.1 Å². The summed E-state index contributed by atoms with van der Waals surface area (Å²) < 4.78 is 0. The van der Waals surface area contributed by atoms with Crippen molar-refractivity contribution < 1.29 is 9.59 Å². The number of likely N-dealkylation sites (N-methyl/N-ethyl adjacent to an activating group) is 1. The number of carbonyl (C=O) groups excluding carboxylic acids is 2. The first-order chi connectivity index (χ1) is 9.66. The highest BCUT2D eigenvalue weighted by Crippen LogP contribution is 2.32. The highest BCUT2D eigenvalue weighted by Gasteiger charge is 2.31. The van der Waals surface area contributed by atoms with Crippen LogP contribution in [0.2, 0.25) is 0 Å². The topological polar surface area (TPSA) is 52.7 Å². The van der Waals surface area contributed by atoms with Gasteiger partial charge in [-0.2, -0.15) is 0 Å². The zero-order valence-corrected chi connectivity index (χ0v) is 11.6. The molecule has 2 aliphatic rings. The predicted octanol–water partition coefficient (Wildman–Crippen LogP) is 0.569. The van der Waals surface area contributed by atoms with Crippen molar-refractivity contribution in [3.05, 3.63) is 29.8 Å². The molecule has 1 N–H and O–H groups in total. The molecule has 2 fully saturated rings. The maximum atomic E-state index is 12.2. The Morgan fingerprint density at radius 3 is 2.70 bits per heavy atom. The smallest absolute Gasteiger partial charge is 0.247 e. The normalized spacial score (nSPS) is 23.6. The van der Waals surface area contributed by atoms with E-state index < -0.39 is 0 Å². The van der Waals surface area contributed by atoms with Crippen LogP contribution >= 0.6 is 0 Å². The average molecular weight is 273 g/mol. The Balaban J connectivity index is 1.93. The summed E-state index contributed by atoms with van der Waals surface area (Å²) >= 11 is 0. The quantitative estimate of drug-likeness (QED) is 0.857. The molecule has 0 spiro atoms. The third kappa shape index (κ3) is 2.29. The largest absolute Gasteiger partial charge is 0.335 e. The number of amides is 2. The molecule has 2 amide bonds. The monoisotopic (exact) mass is 273 g/mol. The van der Waals surface area contributed by atoms with Crippen LogP contribution in [0.4, 0.5) is 5.69 Å². The number of carbonyl (C=O) groups is 2. The Labute approximate surface area is 118 Å². The van der Waals surface area contributed by atoms with Crippen molar-refractivity contribution in [2.45, 2.75) is 12.3 Å². The Morgan fingerprint density at radius 1 is 1.15 bits per heavy atom. The average Bonchev–Trinajstić information content (AvgIpc) is 2.97. The van der Waals surface area contributed by atoms with E-state index in [9.17, 15) is 9.59 Å². The van der Waals surface area contributed by atoms with Crippen molar-refractivity contribution >= 4 is 17.5 Å². The van der Waals surface area contributed by atoms with Gasteiger partial charge in [0.15, 0.2) is 0 Å². The molecule has 1 unspecified atom stereocenters. The molecule has 20 heavy (non-hydrogen) atoms. The van der Waals surface area contributed by atoms with E-state index in [0.29, 0.717) is 5.92 Å². The summed E-state index contributed by atoms with van der Waals surface area (Å²) in [4.78, 5) is 27.2. The zero-order valence-electron chi connectivity index (χ0n) is 11.6. The Kier molecular flexibility index (Phi) is 3.44. The van der Waals surface area contributed by atoms with E-state index in [1.807, 2.05) is 18.2 Å². The molecule has 0 aromatic heterocycles. The second kappa shape index (κ2) is 5.25. The fourth-order valence-electron chi connectivity index (χ4n) is 2.94. The van der Waals surface area contributed by atoms with Gasteiger partial charge in [-0.3, -0.25) is 9.59 Å². The van der Waals surface area contributed by atoms with Crippen molar-refractivity contribution in [3.63, 3.8) is 0 Å². The number of para-hydroxylation sites is 1. The van der Waals surface area contributed by atoms with E-state index in [2.05, 4.69) is 11.4 Å². The summed E-state index contributed by atoms with van der Waals surface area (Å²) in [5, 5.41) is 3.35. The molecule has 3 rings (SSSR count). The van der Waals surface area contributed by atoms with Gasteiger partial charge in [0.25, 0.3) is 0 Å². The van der Waals surface area contributed by atoms with E-state index >= 15 is 0 Å². The van der Waals surface area contributed by atoms with Gasteiger partial charge in [0.05, 0.1) is 6.54 Å². The van der Waals surface area contributed by atoms with Crippen LogP contribution in [-0.2, 0) is 9.59 Å². The van der Waals surface area contributed by atoms with Crippen LogP contribution in [0.1, 0.15) is 17.9 Å². The molecule has 1 aromatic rings. The number of piperazine rings is 1. The van der Waals surface area contributed by atoms with Crippen molar-refractivity contribution in [1.82, 2.24) is 10.2 Å². The minimum Gasteiger partial charge on any atom is -0.335 e. The summed E-state index contributed by atoms with van der Waals surface area (Å²) in [5.74, 6) is 0.406. The number of benzene rings is 1. The first kappa shape index (κ1) is 13.1. The first-order valence-electron chi connectivity index (χ1n) is 7.01. The van der Waals surface area contributed by atoms with E-state index in [1.165, 1.54) is 10.5 Å². The van der Waals surface area contributed by atoms with Crippen molar-refractivity contribution in [2.24, 2.45) is 0 Å². The lowest BCUT2D eigenvalue weighted by Crippen LogP contribution is -2.52.